The van der Waals surface area contributed by atoms with Gasteiger partial charge in [-0.1, -0.05) is 68.5 Å². The standard InChI is InChI=1S/C28H39O4/c1-4-20-31-28(13-9-12-26(30)21-27(5-2)32-22(3)29)25-18-16-24(17-19-25)15-14-23-10-7-6-8-11-23/h6-7,9-10,14-19,26-28,30H,4-5,8,11-13,20-21H2,1-3H3. The molecular formula is C28H39O4. The quantitative estimate of drug-likeness (QED) is 0.335. The zero-order valence-electron chi connectivity index (χ0n) is 19.8. The average Bonchev–Trinajstić information content (AvgIpc) is 2.80. The van der Waals surface area contributed by atoms with Crippen molar-refractivity contribution in [1.82, 2.24) is 0 Å². The Hall–Kier alpha value is -2.17. The summed E-state index contributed by atoms with van der Waals surface area (Å²) in [6.07, 6.45) is 17.7. The van der Waals surface area contributed by atoms with Gasteiger partial charge in [-0.2, -0.15) is 0 Å². The molecule has 1 aromatic carbocycles. The number of rotatable bonds is 14. The van der Waals surface area contributed by atoms with E-state index < -0.39 is 6.10 Å². The van der Waals surface area contributed by atoms with Crippen LogP contribution >= 0.6 is 0 Å². The van der Waals surface area contributed by atoms with E-state index >= 15 is 0 Å². The van der Waals surface area contributed by atoms with Gasteiger partial charge in [0.15, 0.2) is 0 Å². The van der Waals surface area contributed by atoms with Crippen LogP contribution < -0.4 is 0 Å². The third kappa shape index (κ3) is 9.97. The van der Waals surface area contributed by atoms with Crippen molar-refractivity contribution >= 4 is 12.0 Å². The fraction of sp³-hybridized carbons (Fsp3) is 0.500. The van der Waals surface area contributed by atoms with Crippen LogP contribution in [0.5, 0.6) is 0 Å². The predicted octanol–water partition coefficient (Wildman–Crippen LogP) is 6.52. The summed E-state index contributed by atoms with van der Waals surface area (Å²) in [7, 11) is 0. The number of hydrogen-bond donors (Lipinski definition) is 1. The molecule has 1 aliphatic rings. The second-order valence-electron chi connectivity index (χ2n) is 8.36. The van der Waals surface area contributed by atoms with Crippen molar-refractivity contribution in [3.8, 4) is 0 Å². The summed E-state index contributed by atoms with van der Waals surface area (Å²) in [5.74, 6) is -0.299. The van der Waals surface area contributed by atoms with Crippen molar-refractivity contribution in [3.05, 3.63) is 71.7 Å². The van der Waals surface area contributed by atoms with Crippen LogP contribution in [-0.4, -0.2) is 29.9 Å². The first-order valence-corrected chi connectivity index (χ1v) is 11.9. The van der Waals surface area contributed by atoms with Crippen LogP contribution in [0.3, 0.4) is 0 Å². The Morgan fingerprint density at radius 2 is 1.94 bits per heavy atom. The Labute approximate surface area is 194 Å². The molecule has 0 fully saturated rings. The van der Waals surface area contributed by atoms with Crippen LogP contribution in [0.15, 0.2) is 54.1 Å². The third-order valence-electron chi connectivity index (χ3n) is 5.51. The van der Waals surface area contributed by atoms with Crippen LogP contribution in [0, 0.1) is 6.42 Å². The van der Waals surface area contributed by atoms with Crippen LogP contribution in [0.4, 0.5) is 0 Å². The van der Waals surface area contributed by atoms with Gasteiger partial charge in [0.25, 0.3) is 0 Å². The van der Waals surface area contributed by atoms with E-state index in [2.05, 4.69) is 68.0 Å². The molecule has 1 N–H and O–H groups in total. The van der Waals surface area contributed by atoms with E-state index in [1.54, 1.807) is 0 Å². The Bertz CT molecular complexity index is 760. The number of allylic oxidation sites excluding steroid dienone is 5. The maximum atomic E-state index is 11.2. The molecule has 0 heterocycles. The fourth-order valence-electron chi connectivity index (χ4n) is 3.72. The van der Waals surface area contributed by atoms with Crippen LogP contribution in [-0.2, 0) is 14.3 Å². The molecule has 1 radical (unpaired) electrons. The lowest BCUT2D eigenvalue weighted by atomic mass is 9.98. The van der Waals surface area contributed by atoms with Crippen molar-refractivity contribution in [1.29, 1.82) is 0 Å². The van der Waals surface area contributed by atoms with Gasteiger partial charge >= 0.3 is 5.97 Å². The molecule has 175 valence electrons. The maximum absolute atomic E-state index is 11.2. The minimum atomic E-state index is -0.525. The van der Waals surface area contributed by atoms with Crippen molar-refractivity contribution < 1.29 is 19.4 Å². The summed E-state index contributed by atoms with van der Waals surface area (Å²) in [5.41, 5.74) is 3.68. The lowest BCUT2D eigenvalue weighted by Crippen LogP contribution is -2.22. The SMILES string of the molecule is CCCOC(C[CH]CC(O)CC(CC)OC(C)=O)c1ccc(C=CC2=CC=CCC2)cc1. The van der Waals surface area contributed by atoms with Gasteiger partial charge in [0.2, 0.25) is 0 Å². The van der Waals surface area contributed by atoms with E-state index in [4.69, 9.17) is 9.47 Å². The number of carbonyl (C=O) groups is 1. The molecule has 2 rings (SSSR count). The number of aliphatic hydroxyl groups is 1. The lowest BCUT2D eigenvalue weighted by molar-refractivity contribution is -0.147. The Balaban J connectivity index is 1.88. The van der Waals surface area contributed by atoms with Gasteiger partial charge in [0.1, 0.15) is 6.10 Å². The number of esters is 1. The molecule has 0 bridgehead atoms. The highest BCUT2D eigenvalue weighted by molar-refractivity contribution is 5.66. The molecular weight excluding hydrogens is 400 g/mol. The summed E-state index contributed by atoms with van der Waals surface area (Å²) in [6.45, 7) is 6.17. The summed E-state index contributed by atoms with van der Waals surface area (Å²) in [5, 5.41) is 10.3. The van der Waals surface area contributed by atoms with Gasteiger partial charge in [-0.25, -0.2) is 0 Å². The molecule has 0 aromatic heterocycles. The number of hydrogen-bond acceptors (Lipinski definition) is 4. The molecule has 1 aromatic rings. The van der Waals surface area contributed by atoms with Gasteiger partial charge in [-0.3, -0.25) is 4.79 Å². The van der Waals surface area contributed by atoms with Crippen LogP contribution in [0.25, 0.3) is 6.08 Å². The Morgan fingerprint density at radius 3 is 2.56 bits per heavy atom. The number of carbonyl (C=O) groups excluding carboxylic acids is 1. The third-order valence-corrected chi connectivity index (χ3v) is 5.51. The maximum Gasteiger partial charge on any atom is 0.302 e. The number of aliphatic hydroxyl groups excluding tert-OH is 1. The second-order valence-corrected chi connectivity index (χ2v) is 8.36. The molecule has 0 aliphatic heterocycles. The van der Waals surface area contributed by atoms with Gasteiger partial charge < -0.3 is 14.6 Å². The number of ether oxygens (including phenoxy) is 2. The van der Waals surface area contributed by atoms with E-state index in [9.17, 15) is 9.90 Å². The predicted molar refractivity (Wildman–Crippen MR) is 131 cm³/mol. The highest BCUT2D eigenvalue weighted by Crippen LogP contribution is 2.25. The normalized spacial score (nSPS) is 16.6. The summed E-state index contributed by atoms with van der Waals surface area (Å²) < 4.78 is 11.3. The monoisotopic (exact) mass is 439 g/mol. The molecule has 0 saturated heterocycles. The largest absolute Gasteiger partial charge is 0.462 e. The van der Waals surface area contributed by atoms with Gasteiger partial charge in [-0.05, 0) is 61.6 Å². The molecule has 1 aliphatic carbocycles. The average molecular weight is 440 g/mol. The molecule has 4 heteroatoms. The van der Waals surface area contributed by atoms with Gasteiger partial charge in [-0.15, -0.1) is 0 Å². The Kier molecular flexibility index (Phi) is 12.1. The van der Waals surface area contributed by atoms with Crippen molar-refractivity contribution in [3.63, 3.8) is 0 Å². The van der Waals surface area contributed by atoms with E-state index in [1.165, 1.54) is 18.1 Å². The van der Waals surface area contributed by atoms with Crippen molar-refractivity contribution in [2.75, 3.05) is 6.61 Å². The van der Waals surface area contributed by atoms with Gasteiger partial charge in [0, 0.05) is 20.0 Å². The van der Waals surface area contributed by atoms with E-state index in [0.29, 0.717) is 25.9 Å². The van der Waals surface area contributed by atoms with Crippen LogP contribution in [0.2, 0.25) is 0 Å². The number of benzene rings is 1. The fourth-order valence-corrected chi connectivity index (χ4v) is 3.72. The van der Waals surface area contributed by atoms with E-state index in [1.807, 2.05) is 6.92 Å². The molecule has 3 atom stereocenters. The summed E-state index contributed by atoms with van der Waals surface area (Å²) >= 11 is 0. The minimum Gasteiger partial charge on any atom is -0.462 e. The molecule has 0 saturated carbocycles. The first-order valence-electron chi connectivity index (χ1n) is 11.9. The highest BCUT2D eigenvalue weighted by Gasteiger charge is 2.17. The minimum absolute atomic E-state index is 0.0261. The van der Waals surface area contributed by atoms with Gasteiger partial charge in [0.05, 0.1) is 12.2 Å². The first-order chi connectivity index (χ1) is 15.5. The zero-order chi connectivity index (χ0) is 23.2. The van der Waals surface area contributed by atoms with E-state index in [0.717, 1.165) is 31.2 Å². The molecule has 32 heavy (non-hydrogen) atoms. The second kappa shape index (κ2) is 14.8. The highest BCUT2D eigenvalue weighted by atomic mass is 16.5. The van der Waals surface area contributed by atoms with Crippen molar-refractivity contribution in [2.24, 2.45) is 0 Å². The molecule has 4 nitrogen and oxygen atoms in total. The summed E-state index contributed by atoms with van der Waals surface area (Å²) in [4.78, 5) is 11.2. The molecule has 0 amide bonds. The topological polar surface area (TPSA) is 55.8 Å². The molecule has 0 spiro atoms. The van der Waals surface area contributed by atoms with Crippen molar-refractivity contribution in [2.45, 2.75) is 84.0 Å². The summed E-state index contributed by atoms with van der Waals surface area (Å²) in [6, 6.07) is 8.53. The Morgan fingerprint density at radius 1 is 1.16 bits per heavy atom. The van der Waals surface area contributed by atoms with Crippen LogP contribution in [0.1, 0.15) is 82.9 Å². The first kappa shape index (κ1) is 26.1. The zero-order valence-corrected chi connectivity index (χ0v) is 19.8. The smallest absolute Gasteiger partial charge is 0.302 e. The van der Waals surface area contributed by atoms with E-state index in [-0.39, 0.29) is 18.2 Å². The lowest BCUT2D eigenvalue weighted by Gasteiger charge is -2.21. The molecule has 3 unspecified atom stereocenters.